The van der Waals surface area contributed by atoms with Crippen LogP contribution in [0.15, 0.2) is 18.6 Å². The average Bonchev–Trinajstić information content (AvgIpc) is 3.10. The molecule has 1 fully saturated rings. The second-order valence-electron chi connectivity index (χ2n) is 6.84. The molecule has 0 aliphatic heterocycles. The summed E-state index contributed by atoms with van der Waals surface area (Å²) in [6.45, 7) is 3.31. The molecular formula is C18H24ClFN6O. The Morgan fingerprint density at radius 1 is 1.37 bits per heavy atom. The number of aryl methyl sites for hydroxylation is 1. The lowest BCUT2D eigenvalue weighted by Gasteiger charge is -2.28. The molecule has 0 unspecified atom stereocenters. The summed E-state index contributed by atoms with van der Waals surface area (Å²) >= 11 is 5.72. The lowest BCUT2D eigenvalue weighted by atomic mass is 9.85. The van der Waals surface area contributed by atoms with Gasteiger partial charge in [0, 0.05) is 24.7 Å². The van der Waals surface area contributed by atoms with Crippen molar-refractivity contribution in [1.82, 2.24) is 25.1 Å². The molecule has 7 nitrogen and oxygen atoms in total. The number of hydrogen-bond acceptors (Lipinski definition) is 5. The molecule has 0 saturated heterocycles. The fourth-order valence-electron chi connectivity index (χ4n) is 3.37. The summed E-state index contributed by atoms with van der Waals surface area (Å²) in [5.74, 6) is 0.523. The molecular weight excluding hydrogens is 371 g/mol. The van der Waals surface area contributed by atoms with Crippen LogP contribution < -0.4 is 10.6 Å². The Morgan fingerprint density at radius 3 is 2.85 bits per heavy atom. The predicted molar refractivity (Wildman–Crippen MR) is 101 cm³/mol. The van der Waals surface area contributed by atoms with Gasteiger partial charge in [-0.1, -0.05) is 18.5 Å². The zero-order valence-corrected chi connectivity index (χ0v) is 16.0. The Kier molecular flexibility index (Phi) is 6.60. The van der Waals surface area contributed by atoms with E-state index >= 15 is 0 Å². The summed E-state index contributed by atoms with van der Waals surface area (Å²) in [4.78, 5) is 16.4. The highest BCUT2D eigenvalue weighted by atomic mass is 35.5. The molecule has 1 saturated carbocycles. The number of halogens is 2. The molecule has 2 N–H and O–H groups in total. The van der Waals surface area contributed by atoms with Gasteiger partial charge in [0.1, 0.15) is 6.33 Å². The first-order valence-corrected chi connectivity index (χ1v) is 9.66. The summed E-state index contributed by atoms with van der Waals surface area (Å²) in [5.41, 5.74) is 0. The first-order chi connectivity index (χ1) is 13.1. The van der Waals surface area contributed by atoms with Crippen LogP contribution in [-0.4, -0.2) is 31.7 Å². The van der Waals surface area contributed by atoms with Crippen molar-refractivity contribution >= 4 is 23.3 Å². The zero-order valence-electron chi connectivity index (χ0n) is 15.3. The first-order valence-electron chi connectivity index (χ1n) is 9.28. The average molecular weight is 395 g/mol. The normalized spacial score (nSPS) is 19.7. The maximum Gasteiger partial charge on any atom is 0.223 e. The number of nitrogens with one attached hydrogen (secondary N) is 2. The minimum absolute atomic E-state index is 0.0337. The van der Waals surface area contributed by atoms with Crippen LogP contribution in [0.5, 0.6) is 0 Å². The maximum atomic E-state index is 13.8. The fraction of sp³-hybridized carbons (Fsp3) is 0.556. The topological polar surface area (TPSA) is 84.7 Å². The van der Waals surface area contributed by atoms with Gasteiger partial charge in [-0.2, -0.15) is 0 Å². The van der Waals surface area contributed by atoms with Gasteiger partial charge in [0.2, 0.25) is 5.91 Å². The quantitative estimate of drug-likeness (QED) is 0.753. The van der Waals surface area contributed by atoms with Gasteiger partial charge in [0.25, 0.3) is 0 Å². The smallest absolute Gasteiger partial charge is 0.223 e. The van der Waals surface area contributed by atoms with Crippen molar-refractivity contribution in [3.63, 3.8) is 0 Å². The number of nitrogens with zero attached hydrogens (tertiary/aromatic N) is 4. The molecule has 0 atom stereocenters. The van der Waals surface area contributed by atoms with Crippen LogP contribution in [0, 0.1) is 11.7 Å². The van der Waals surface area contributed by atoms with E-state index < -0.39 is 5.82 Å². The summed E-state index contributed by atoms with van der Waals surface area (Å²) in [6, 6.07) is 1.35. The van der Waals surface area contributed by atoms with Crippen LogP contribution in [0.25, 0.3) is 0 Å². The third kappa shape index (κ3) is 5.15. The van der Waals surface area contributed by atoms with Crippen LogP contribution in [0.3, 0.4) is 0 Å². The third-order valence-electron chi connectivity index (χ3n) is 4.83. The molecule has 0 aromatic carbocycles. The Bertz CT molecular complexity index is 775. The van der Waals surface area contributed by atoms with E-state index in [1.54, 1.807) is 6.33 Å². The number of hydrogen-bond donors (Lipinski definition) is 2. The Balaban J connectivity index is 1.45. The SMILES string of the molecule is CCCn1cnnc1CNC(=O)C1CCC(Nc2ncc(Cl)cc2F)CC1. The molecule has 2 aromatic rings. The van der Waals surface area contributed by atoms with Gasteiger partial charge >= 0.3 is 0 Å². The van der Waals surface area contributed by atoms with Crippen LogP contribution >= 0.6 is 11.6 Å². The molecule has 27 heavy (non-hydrogen) atoms. The van der Waals surface area contributed by atoms with E-state index in [1.165, 1.54) is 12.3 Å². The van der Waals surface area contributed by atoms with Crippen LogP contribution in [0.2, 0.25) is 5.02 Å². The summed E-state index contributed by atoms with van der Waals surface area (Å²) in [7, 11) is 0. The number of carbonyl (C=O) groups is 1. The Morgan fingerprint density at radius 2 is 2.15 bits per heavy atom. The second-order valence-corrected chi connectivity index (χ2v) is 7.27. The van der Waals surface area contributed by atoms with Crippen molar-refractivity contribution in [2.75, 3.05) is 5.32 Å². The van der Waals surface area contributed by atoms with Crippen molar-refractivity contribution < 1.29 is 9.18 Å². The van der Waals surface area contributed by atoms with E-state index in [4.69, 9.17) is 11.6 Å². The molecule has 1 aliphatic carbocycles. The molecule has 0 spiro atoms. The highest BCUT2D eigenvalue weighted by Crippen LogP contribution is 2.27. The van der Waals surface area contributed by atoms with E-state index in [0.717, 1.165) is 44.5 Å². The minimum Gasteiger partial charge on any atom is -0.365 e. The van der Waals surface area contributed by atoms with E-state index in [-0.39, 0.29) is 28.7 Å². The van der Waals surface area contributed by atoms with Gasteiger partial charge in [0.15, 0.2) is 17.5 Å². The molecule has 1 amide bonds. The molecule has 146 valence electrons. The maximum absolute atomic E-state index is 13.8. The minimum atomic E-state index is -0.460. The van der Waals surface area contributed by atoms with Crippen molar-refractivity contribution in [3.8, 4) is 0 Å². The number of amides is 1. The van der Waals surface area contributed by atoms with Crippen molar-refractivity contribution in [3.05, 3.63) is 35.3 Å². The number of aromatic nitrogens is 4. The van der Waals surface area contributed by atoms with Crippen LogP contribution in [-0.2, 0) is 17.9 Å². The predicted octanol–water partition coefficient (Wildman–Crippen LogP) is 3.16. The lowest BCUT2D eigenvalue weighted by molar-refractivity contribution is -0.126. The Hall–Kier alpha value is -2.22. The van der Waals surface area contributed by atoms with Crippen molar-refractivity contribution in [2.24, 2.45) is 5.92 Å². The monoisotopic (exact) mass is 394 g/mol. The molecule has 0 bridgehead atoms. The first kappa shape index (κ1) is 19.5. The number of pyridine rings is 1. The third-order valence-corrected chi connectivity index (χ3v) is 5.03. The van der Waals surface area contributed by atoms with Gasteiger partial charge in [0.05, 0.1) is 11.6 Å². The van der Waals surface area contributed by atoms with Gasteiger partial charge < -0.3 is 15.2 Å². The van der Waals surface area contributed by atoms with Crippen molar-refractivity contribution in [1.29, 1.82) is 0 Å². The molecule has 1 aliphatic rings. The van der Waals surface area contributed by atoms with Gasteiger partial charge in [-0.25, -0.2) is 9.37 Å². The van der Waals surface area contributed by atoms with Crippen LogP contribution in [0.1, 0.15) is 44.9 Å². The highest BCUT2D eigenvalue weighted by molar-refractivity contribution is 6.30. The summed E-state index contributed by atoms with van der Waals surface area (Å²) in [5, 5.41) is 14.3. The van der Waals surface area contributed by atoms with E-state index in [0.29, 0.717) is 6.54 Å². The van der Waals surface area contributed by atoms with Gasteiger partial charge in [-0.05, 0) is 38.2 Å². The largest absolute Gasteiger partial charge is 0.365 e. The molecule has 3 rings (SSSR count). The molecule has 0 radical (unpaired) electrons. The standard InChI is InChI=1S/C18H24ClFN6O/c1-2-7-26-11-23-25-16(26)10-22-18(27)12-3-5-14(6-4-12)24-17-15(20)8-13(19)9-21-17/h8-9,11-12,14H,2-7,10H2,1H3,(H,21,24)(H,22,27). The fourth-order valence-corrected chi connectivity index (χ4v) is 3.51. The molecule has 2 aromatic heterocycles. The van der Waals surface area contributed by atoms with Gasteiger partial charge in [-0.3, -0.25) is 4.79 Å². The van der Waals surface area contributed by atoms with Crippen molar-refractivity contribution in [2.45, 2.75) is 58.2 Å². The molecule has 9 heteroatoms. The lowest BCUT2D eigenvalue weighted by Crippen LogP contribution is -2.36. The summed E-state index contributed by atoms with van der Waals surface area (Å²) < 4.78 is 15.8. The number of carbonyl (C=O) groups excluding carboxylic acids is 1. The van der Waals surface area contributed by atoms with E-state index in [9.17, 15) is 9.18 Å². The Labute approximate surface area is 162 Å². The number of anilines is 1. The van der Waals surface area contributed by atoms with Gasteiger partial charge in [-0.15, -0.1) is 10.2 Å². The summed E-state index contributed by atoms with van der Waals surface area (Å²) in [6.07, 6.45) is 7.16. The zero-order chi connectivity index (χ0) is 19.2. The number of rotatable bonds is 7. The van der Waals surface area contributed by atoms with E-state index in [1.807, 2.05) is 4.57 Å². The highest BCUT2D eigenvalue weighted by Gasteiger charge is 2.27. The van der Waals surface area contributed by atoms with Crippen LogP contribution in [0.4, 0.5) is 10.2 Å². The second kappa shape index (κ2) is 9.12. The van der Waals surface area contributed by atoms with E-state index in [2.05, 4.69) is 32.7 Å². The molecule has 2 heterocycles.